The molecule has 2 aliphatic carbocycles. The summed E-state index contributed by atoms with van der Waals surface area (Å²) in [6.45, 7) is 2.71. The maximum atomic E-state index is 12.1. The van der Waals surface area contributed by atoms with Crippen LogP contribution in [-0.2, 0) is 4.79 Å². The molecule has 2 N–H and O–H groups in total. The first-order valence-corrected chi connectivity index (χ1v) is 6.91. The highest BCUT2D eigenvalue weighted by molar-refractivity contribution is 5.75. The van der Waals surface area contributed by atoms with Gasteiger partial charge in [0.25, 0.3) is 0 Å². The van der Waals surface area contributed by atoms with Crippen LogP contribution in [0.15, 0.2) is 0 Å². The zero-order valence-corrected chi connectivity index (χ0v) is 10.9. The summed E-state index contributed by atoms with van der Waals surface area (Å²) < 4.78 is 0. The van der Waals surface area contributed by atoms with Crippen LogP contribution in [0.3, 0.4) is 0 Å². The van der Waals surface area contributed by atoms with Gasteiger partial charge in [0.1, 0.15) is 0 Å². The lowest BCUT2D eigenvalue weighted by atomic mass is 9.86. The Morgan fingerprint density at radius 1 is 1.28 bits per heavy atom. The molecule has 0 radical (unpaired) electrons. The number of carbonyl (C=O) groups is 2. The van der Waals surface area contributed by atoms with E-state index >= 15 is 0 Å². The number of carboxylic acids is 1. The van der Waals surface area contributed by atoms with Crippen molar-refractivity contribution in [1.82, 2.24) is 10.2 Å². The van der Waals surface area contributed by atoms with Crippen molar-refractivity contribution in [2.24, 2.45) is 5.92 Å². The molecule has 0 aromatic carbocycles. The Morgan fingerprint density at radius 3 is 2.56 bits per heavy atom. The van der Waals surface area contributed by atoms with Gasteiger partial charge in [0, 0.05) is 18.6 Å². The summed E-state index contributed by atoms with van der Waals surface area (Å²) in [4.78, 5) is 24.9. The number of rotatable bonds is 4. The zero-order chi connectivity index (χ0) is 13.1. The number of carboxylic acid groups (broad SMARTS) is 1. The van der Waals surface area contributed by atoms with Crippen LogP contribution in [0.1, 0.15) is 45.4 Å². The number of hydrogen-bond donors (Lipinski definition) is 2. The van der Waals surface area contributed by atoms with Crippen molar-refractivity contribution >= 4 is 12.0 Å². The van der Waals surface area contributed by atoms with Gasteiger partial charge < -0.3 is 15.3 Å². The molecule has 102 valence electrons. The Bertz CT molecular complexity index is 328. The van der Waals surface area contributed by atoms with Crippen LogP contribution in [0.25, 0.3) is 0 Å². The molecule has 5 nitrogen and oxygen atoms in total. The summed E-state index contributed by atoms with van der Waals surface area (Å²) in [6, 6.07) is 0.421. The number of amides is 2. The molecule has 2 fully saturated rings. The van der Waals surface area contributed by atoms with Crippen LogP contribution < -0.4 is 5.32 Å². The first-order chi connectivity index (χ1) is 8.61. The number of aliphatic carboxylic acids is 1. The predicted octanol–water partition coefficient (Wildman–Crippen LogP) is 1.82. The van der Waals surface area contributed by atoms with Crippen molar-refractivity contribution in [3.63, 3.8) is 0 Å². The van der Waals surface area contributed by atoms with E-state index in [-0.39, 0.29) is 18.0 Å². The minimum Gasteiger partial charge on any atom is -0.481 e. The fourth-order valence-electron chi connectivity index (χ4n) is 2.76. The molecule has 0 aromatic heterocycles. The minimum absolute atomic E-state index is 0.0176. The number of nitrogens with one attached hydrogen (secondary N) is 1. The molecule has 0 spiro atoms. The van der Waals surface area contributed by atoms with Gasteiger partial charge in [-0.25, -0.2) is 4.79 Å². The highest BCUT2D eigenvalue weighted by atomic mass is 16.4. The number of hydrogen-bond acceptors (Lipinski definition) is 2. The third-order valence-electron chi connectivity index (χ3n) is 3.94. The van der Waals surface area contributed by atoms with Gasteiger partial charge >= 0.3 is 12.0 Å². The maximum absolute atomic E-state index is 12.1. The van der Waals surface area contributed by atoms with E-state index in [0.29, 0.717) is 12.5 Å². The van der Waals surface area contributed by atoms with Crippen molar-refractivity contribution in [1.29, 1.82) is 0 Å². The molecule has 2 amide bonds. The Labute approximate surface area is 108 Å². The second-order valence-corrected chi connectivity index (χ2v) is 5.37. The first kappa shape index (κ1) is 13.2. The highest BCUT2D eigenvalue weighted by Crippen LogP contribution is 2.28. The van der Waals surface area contributed by atoms with Crippen molar-refractivity contribution < 1.29 is 14.7 Å². The lowest BCUT2D eigenvalue weighted by Gasteiger charge is -2.30. The third-order valence-corrected chi connectivity index (χ3v) is 3.94. The van der Waals surface area contributed by atoms with E-state index in [1.807, 2.05) is 11.8 Å². The Balaban J connectivity index is 1.84. The molecule has 0 heterocycles. The summed E-state index contributed by atoms with van der Waals surface area (Å²) >= 11 is 0. The van der Waals surface area contributed by atoms with Crippen LogP contribution >= 0.6 is 0 Å². The van der Waals surface area contributed by atoms with Crippen LogP contribution in [0.4, 0.5) is 4.79 Å². The van der Waals surface area contributed by atoms with Crippen molar-refractivity contribution in [3.05, 3.63) is 0 Å². The SMILES string of the molecule is CCN(C(=O)NC1CCCC(C(=O)O)C1)C1CC1. The van der Waals surface area contributed by atoms with Crippen LogP contribution in [-0.4, -0.2) is 40.6 Å². The van der Waals surface area contributed by atoms with E-state index < -0.39 is 5.97 Å². The summed E-state index contributed by atoms with van der Waals surface area (Å²) in [6.07, 6.45) is 5.30. The molecule has 0 saturated heterocycles. The van der Waals surface area contributed by atoms with Crippen molar-refractivity contribution in [2.75, 3.05) is 6.54 Å². The van der Waals surface area contributed by atoms with E-state index in [9.17, 15) is 9.59 Å². The third kappa shape index (κ3) is 3.15. The molecule has 0 bridgehead atoms. The quantitative estimate of drug-likeness (QED) is 0.804. The molecule has 2 atom stereocenters. The second-order valence-electron chi connectivity index (χ2n) is 5.37. The average Bonchev–Trinajstić information content (AvgIpc) is 3.14. The second kappa shape index (κ2) is 5.59. The molecule has 18 heavy (non-hydrogen) atoms. The standard InChI is InChI=1S/C13H22N2O3/c1-2-15(11-6-7-11)13(18)14-10-5-3-4-9(8-10)12(16)17/h9-11H,2-8H2,1H3,(H,14,18)(H,16,17). The largest absolute Gasteiger partial charge is 0.481 e. The Morgan fingerprint density at radius 2 is 2.00 bits per heavy atom. The molecular weight excluding hydrogens is 232 g/mol. The lowest BCUT2D eigenvalue weighted by Crippen LogP contribution is -2.47. The highest BCUT2D eigenvalue weighted by Gasteiger charge is 2.33. The van der Waals surface area contributed by atoms with Gasteiger partial charge in [0.05, 0.1) is 5.92 Å². The summed E-state index contributed by atoms with van der Waals surface area (Å²) in [7, 11) is 0. The summed E-state index contributed by atoms with van der Waals surface area (Å²) in [5, 5.41) is 12.0. The smallest absolute Gasteiger partial charge is 0.317 e. The van der Waals surface area contributed by atoms with Gasteiger partial charge in [0.15, 0.2) is 0 Å². The fourth-order valence-corrected chi connectivity index (χ4v) is 2.76. The first-order valence-electron chi connectivity index (χ1n) is 6.91. The number of nitrogens with zero attached hydrogens (tertiary/aromatic N) is 1. The van der Waals surface area contributed by atoms with E-state index in [0.717, 1.165) is 38.6 Å². The van der Waals surface area contributed by atoms with Gasteiger partial charge in [-0.1, -0.05) is 6.42 Å². The normalized spacial score (nSPS) is 27.6. The average molecular weight is 254 g/mol. The molecule has 5 heteroatoms. The summed E-state index contributed by atoms with van der Waals surface area (Å²) in [5.41, 5.74) is 0. The minimum atomic E-state index is -0.733. The monoisotopic (exact) mass is 254 g/mol. The molecule has 2 rings (SSSR count). The summed E-state index contributed by atoms with van der Waals surface area (Å²) in [5.74, 6) is -1.02. The Kier molecular flexibility index (Phi) is 4.09. The van der Waals surface area contributed by atoms with Gasteiger partial charge in [-0.05, 0) is 39.0 Å². The lowest BCUT2D eigenvalue weighted by molar-refractivity contribution is -0.143. The van der Waals surface area contributed by atoms with Crippen LogP contribution in [0, 0.1) is 5.92 Å². The molecule has 0 aliphatic heterocycles. The van der Waals surface area contributed by atoms with Gasteiger partial charge in [-0.3, -0.25) is 4.79 Å². The zero-order valence-electron chi connectivity index (χ0n) is 10.9. The van der Waals surface area contributed by atoms with Crippen LogP contribution in [0.5, 0.6) is 0 Å². The molecule has 2 saturated carbocycles. The fraction of sp³-hybridized carbons (Fsp3) is 0.846. The van der Waals surface area contributed by atoms with Crippen molar-refractivity contribution in [3.8, 4) is 0 Å². The molecule has 0 aromatic rings. The molecule has 2 unspecified atom stereocenters. The number of carbonyl (C=O) groups excluding carboxylic acids is 1. The predicted molar refractivity (Wildman–Crippen MR) is 67.3 cm³/mol. The van der Waals surface area contributed by atoms with E-state index in [4.69, 9.17) is 5.11 Å². The van der Waals surface area contributed by atoms with Crippen molar-refractivity contribution in [2.45, 2.75) is 57.5 Å². The van der Waals surface area contributed by atoms with Gasteiger partial charge in [0.2, 0.25) is 0 Å². The van der Waals surface area contributed by atoms with E-state index in [2.05, 4.69) is 5.32 Å². The maximum Gasteiger partial charge on any atom is 0.317 e. The molecule has 2 aliphatic rings. The Hall–Kier alpha value is -1.26. The molecular formula is C13H22N2O3. The van der Waals surface area contributed by atoms with E-state index in [1.165, 1.54) is 0 Å². The van der Waals surface area contributed by atoms with E-state index in [1.54, 1.807) is 0 Å². The van der Waals surface area contributed by atoms with Gasteiger partial charge in [-0.2, -0.15) is 0 Å². The topological polar surface area (TPSA) is 69.6 Å². The van der Waals surface area contributed by atoms with Gasteiger partial charge in [-0.15, -0.1) is 0 Å². The van der Waals surface area contributed by atoms with Crippen LogP contribution in [0.2, 0.25) is 0 Å². The number of urea groups is 1.